The number of ether oxygens (including phenoxy) is 1. The van der Waals surface area contributed by atoms with Crippen molar-refractivity contribution in [2.24, 2.45) is 0 Å². The van der Waals surface area contributed by atoms with Crippen LogP contribution in [-0.2, 0) is 18.8 Å². The molecule has 1 aromatic heterocycles. The van der Waals surface area contributed by atoms with E-state index in [0.717, 1.165) is 0 Å². The van der Waals surface area contributed by atoms with Crippen molar-refractivity contribution >= 4 is 36.3 Å². The summed E-state index contributed by atoms with van der Waals surface area (Å²) in [6.07, 6.45) is 1.53. The van der Waals surface area contributed by atoms with Crippen LogP contribution < -0.4 is 0 Å². The molecule has 0 saturated carbocycles. The highest BCUT2D eigenvalue weighted by molar-refractivity contribution is 6.49. The first kappa shape index (κ1) is 18.5. The number of aromatic nitrogens is 1. The first-order valence-corrected chi connectivity index (χ1v) is 8.07. The summed E-state index contributed by atoms with van der Waals surface area (Å²) in [7, 11) is 0.647. The summed E-state index contributed by atoms with van der Waals surface area (Å²) in [6.45, 7) is 7.76. The molecule has 2 heterocycles. The molecule has 0 amide bonds. The van der Waals surface area contributed by atoms with E-state index in [1.54, 1.807) is 6.07 Å². The second-order valence-corrected chi connectivity index (χ2v) is 7.27. The van der Waals surface area contributed by atoms with Gasteiger partial charge in [-0.2, -0.15) is 0 Å². The van der Waals surface area contributed by atoms with E-state index in [0.29, 0.717) is 10.6 Å². The number of carbonyl (C=O) groups is 1. The summed E-state index contributed by atoms with van der Waals surface area (Å²) >= 11 is 12.5. The Hall–Kier alpha value is -0.815. The fraction of sp³-hybridized carbons (Fsp3) is 0.600. The number of rotatable bonds is 4. The van der Waals surface area contributed by atoms with E-state index in [9.17, 15) is 4.79 Å². The van der Waals surface area contributed by atoms with Crippen LogP contribution in [-0.4, -0.2) is 36.4 Å². The Bertz CT molecular complexity index is 573. The zero-order valence-electron chi connectivity index (χ0n) is 13.9. The van der Waals surface area contributed by atoms with Gasteiger partial charge in [0.1, 0.15) is 5.15 Å². The second-order valence-electron chi connectivity index (χ2n) is 6.51. The van der Waals surface area contributed by atoms with Gasteiger partial charge in [0.25, 0.3) is 0 Å². The predicted octanol–water partition coefficient (Wildman–Crippen LogP) is 3.67. The van der Waals surface area contributed by atoms with Crippen LogP contribution in [0, 0.1) is 0 Å². The average molecular weight is 360 g/mol. The summed E-state index contributed by atoms with van der Waals surface area (Å²) in [5.41, 5.74) is -0.542. The molecule has 0 radical (unpaired) electrons. The van der Waals surface area contributed by atoms with Crippen molar-refractivity contribution < 1.29 is 18.8 Å². The Morgan fingerprint density at radius 2 is 1.87 bits per heavy atom. The number of pyridine rings is 1. The molecule has 0 N–H and O–H groups in total. The zero-order chi connectivity index (χ0) is 17.4. The molecule has 8 heteroatoms. The largest absolute Gasteiger partial charge is 0.469 e. The lowest BCUT2D eigenvalue weighted by Gasteiger charge is -2.32. The van der Waals surface area contributed by atoms with E-state index in [1.807, 2.05) is 27.7 Å². The molecule has 5 nitrogen and oxygen atoms in total. The third-order valence-electron chi connectivity index (χ3n) is 4.47. The molecule has 1 atom stereocenters. The summed E-state index contributed by atoms with van der Waals surface area (Å²) in [4.78, 5) is 15.9. The number of methoxy groups -OCH3 is 1. The minimum absolute atomic E-state index is 0.0263. The molecule has 0 aliphatic carbocycles. The van der Waals surface area contributed by atoms with E-state index in [4.69, 9.17) is 37.2 Å². The first-order chi connectivity index (χ1) is 10.6. The predicted molar refractivity (Wildman–Crippen MR) is 89.7 cm³/mol. The van der Waals surface area contributed by atoms with Crippen molar-refractivity contribution in [3.05, 3.63) is 28.0 Å². The van der Waals surface area contributed by atoms with Crippen molar-refractivity contribution in [3.63, 3.8) is 0 Å². The highest BCUT2D eigenvalue weighted by Gasteiger charge is 2.55. The molecule has 1 aliphatic heterocycles. The normalized spacial score (nSPS) is 20.4. The van der Waals surface area contributed by atoms with Crippen LogP contribution in [0.1, 0.15) is 45.5 Å². The molecule has 1 aliphatic rings. The van der Waals surface area contributed by atoms with Gasteiger partial charge in [-0.15, -0.1) is 0 Å². The average Bonchev–Trinajstić information content (AvgIpc) is 2.65. The van der Waals surface area contributed by atoms with Crippen LogP contribution in [0.4, 0.5) is 0 Å². The Morgan fingerprint density at radius 1 is 1.30 bits per heavy atom. The fourth-order valence-electron chi connectivity index (χ4n) is 2.41. The van der Waals surface area contributed by atoms with Crippen LogP contribution in [0.2, 0.25) is 10.2 Å². The van der Waals surface area contributed by atoms with Gasteiger partial charge in [-0.3, -0.25) is 4.79 Å². The molecule has 1 fully saturated rings. The summed E-state index contributed by atoms with van der Waals surface area (Å²) in [5, 5.41) is 0.634. The van der Waals surface area contributed by atoms with E-state index >= 15 is 0 Å². The SMILES string of the molecule is COC(=O)CC(B1OC(C)(C)C(C)(C)O1)c1c(Cl)ccnc1Cl. The zero-order valence-corrected chi connectivity index (χ0v) is 15.4. The van der Waals surface area contributed by atoms with Gasteiger partial charge in [0.15, 0.2) is 0 Å². The van der Waals surface area contributed by atoms with E-state index < -0.39 is 30.1 Å². The van der Waals surface area contributed by atoms with Gasteiger partial charge < -0.3 is 14.0 Å². The lowest BCUT2D eigenvalue weighted by molar-refractivity contribution is -0.140. The van der Waals surface area contributed by atoms with Gasteiger partial charge in [0.05, 0.1) is 24.7 Å². The molecule has 2 rings (SSSR count). The number of hydrogen-bond donors (Lipinski definition) is 0. The van der Waals surface area contributed by atoms with E-state index in [2.05, 4.69) is 4.98 Å². The third kappa shape index (κ3) is 3.66. The quantitative estimate of drug-likeness (QED) is 0.466. The Morgan fingerprint density at radius 3 is 2.35 bits per heavy atom. The highest BCUT2D eigenvalue weighted by Crippen LogP contribution is 2.44. The highest BCUT2D eigenvalue weighted by atomic mass is 35.5. The molecule has 1 aromatic rings. The summed E-state index contributed by atoms with van der Waals surface area (Å²) in [5.74, 6) is -0.919. The van der Waals surface area contributed by atoms with E-state index in [-0.39, 0.29) is 11.6 Å². The van der Waals surface area contributed by atoms with Gasteiger partial charge in [0, 0.05) is 22.6 Å². The lowest BCUT2D eigenvalue weighted by Crippen LogP contribution is -2.41. The van der Waals surface area contributed by atoms with Gasteiger partial charge in [-0.25, -0.2) is 4.98 Å². The van der Waals surface area contributed by atoms with Crippen molar-refractivity contribution in [2.75, 3.05) is 7.11 Å². The second kappa shape index (κ2) is 6.59. The van der Waals surface area contributed by atoms with Crippen molar-refractivity contribution in [1.29, 1.82) is 0 Å². The minimum atomic E-state index is -0.682. The summed E-state index contributed by atoms with van der Waals surface area (Å²) in [6, 6.07) is 1.62. The standard InChI is InChI=1S/C15H20BCl2NO4/c1-14(2)15(3,4)23-16(22-14)9(8-11(20)21-5)12-10(17)6-7-19-13(12)18/h6-7,9H,8H2,1-5H3. The number of carbonyl (C=O) groups excluding carboxylic acids is 1. The van der Waals surface area contributed by atoms with Gasteiger partial charge in [0.2, 0.25) is 0 Å². The Labute approximate surface area is 146 Å². The third-order valence-corrected chi connectivity index (χ3v) is 5.10. The number of esters is 1. The van der Waals surface area contributed by atoms with Crippen molar-refractivity contribution in [2.45, 2.75) is 51.1 Å². The van der Waals surface area contributed by atoms with Crippen LogP contribution in [0.3, 0.4) is 0 Å². The number of nitrogens with zero attached hydrogens (tertiary/aromatic N) is 1. The van der Waals surface area contributed by atoms with Gasteiger partial charge >= 0.3 is 13.1 Å². The Balaban J connectivity index is 2.42. The van der Waals surface area contributed by atoms with Crippen LogP contribution in [0.5, 0.6) is 0 Å². The molecule has 0 aromatic carbocycles. The van der Waals surface area contributed by atoms with Crippen LogP contribution >= 0.6 is 23.2 Å². The molecule has 126 valence electrons. The van der Waals surface area contributed by atoms with Crippen LogP contribution in [0.15, 0.2) is 12.3 Å². The smallest absolute Gasteiger partial charge is 0.466 e. The van der Waals surface area contributed by atoms with Crippen molar-refractivity contribution in [3.8, 4) is 0 Å². The molecule has 0 bridgehead atoms. The molecule has 1 saturated heterocycles. The maximum atomic E-state index is 11.9. The number of halogens is 2. The van der Waals surface area contributed by atoms with E-state index in [1.165, 1.54) is 13.3 Å². The monoisotopic (exact) mass is 359 g/mol. The topological polar surface area (TPSA) is 57.7 Å². The number of hydrogen-bond acceptors (Lipinski definition) is 5. The molecule has 1 unspecified atom stereocenters. The van der Waals surface area contributed by atoms with Crippen LogP contribution in [0.25, 0.3) is 0 Å². The Kier molecular flexibility index (Phi) is 5.31. The first-order valence-electron chi connectivity index (χ1n) is 7.31. The fourth-order valence-corrected chi connectivity index (χ4v) is 3.04. The van der Waals surface area contributed by atoms with Gasteiger partial charge in [-0.05, 0) is 33.8 Å². The van der Waals surface area contributed by atoms with Gasteiger partial charge in [-0.1, -0.05) is 23.2 Å². The van der Waals surface area contributed by atoms with Crippen molar-refractivity contribution in [1.82, 2.24) is 4.98 Å². The molecular formula is C15H20BCl2NO4. The lowest BCUT2D eigenvalue weighted by atomic mass is 9.66. The summed E-state index contributed by atoms with van der Waals surface area (Å²) < 4.78 is 16.9. The molecular weight excluding hydrogens is 340 g/mol. The maximum Gasteiger partial charge on any atom is 0.466 e. The minimum Gasteiger partial charge on any atom is -0.469 e. The molecule has 23 heavy (non-hydrogen) atoms. The maximum absolute atomic E-state index is 11.9. The molecule has 0 spiro atoms.